The Balaban J connectivity index is 1.98. The van der Waals surface area contributed by atoms with Crippen LogP contribution in [0.1, 0.15) is 52.9 Å². The number of hydrogen-bond donors (Lipinski definition) is 1. The molecule has 0 radical (unpaired) electrons. The molecule has 20 heavy (non-hydrogen) atoms. The van der Waals surface area contributed by atoms with Gasteiger partial charge in [-0.3, -0.25) is 10.1 Å². The molecule has 2 aliphatic rings. The van der Waals surface area contributed by atoms with Crippen LogP contribution in [0.4, 0.5) is 0 Å². The quantitative estimate of drug-likeness (QED) is 0.776. The summed E-state index contributed by atoms with van der Waals surface area (Å²) in [7, 11) is 0. The minimum Gasteiger partial charge on any atom is -0.324 e. The van der Waals surface area contributed by atoms with Crippen LogP contribution in [-0.2, 0) is 4.79 Å². The van der Waals surface area contributed by atoms with Crippen LogP contribution in [0, 0.1) is 5.92 Å². The summed E-state index contributed by atoms with van der Waals surface area (Å²) in [5.74, 6) is 1.00. The lowest BCUT2D eigenvalue weighted by atomic mass is 10.0. The van der Waals surface area contributed by atoms with Crippen LogP contribution in [0.25, 0.3) is 0 Å². The summed E-state index contributed by atoms with van der Waals surface area (Å²) >= 11 is 0. The zero-order valence-electron chi connectivity index (χ0n) is 13.4. The summed E-state index contributed by atoms with van der Waals surface area (Å²) in [5, 5.41) is 3.60. The van der Waals surface area contributed by atoms with Crippen molar-refractivity contribution < 1.29 is 4.79 Å². The van der Waals surface area contributed by atoms with Gasteiger partial charge in [-0.25, -0.2) is 0 Å². The molecule has 2 fully saturated rings. The Labute approximate surface area is 123 Å². The minimum absolute atomic E-state index is 0.0531. The SMILES string of the molecule is CCC1NC(C2CCCC2)N(CCN(CC)CC)C1=O. The lowest BCUT2D eigenvalue weighted by Gasteiger charge is -2.31. The highest BCUT2D eigenvalue weighted by atomic mass is 16.2. The van der Waals surface area contributed by atoms with Gasteiger partial charge in [0.25, 0.3) is 0 Å². The van der Waals surface area contributed by atoms with Crippen molar-refractivity contribution in [2.75, 3.05) is 26.2 Å². The zero-order valence-corrected chi connectivity index (χ0v) is 13.4. The third-order valence-corrected chi connectivity index (χ3v) is 5.10. The van der Waals surface area contributed by atoms with Crippen molar-refractivity contribution in [3.63, 3.8) is 0 Å². The molecular weight excluding hydrogens is 250 g/mol. The molecule has 4 heteroatoms. The van der Waals surface area contributed by atoms with Crippen molar-refractivity contribution in [2.45, 2.75) is 65.1 Å². The van der Waals surface area contributed by atoms with E-state index in [9.17, 15) is 4.79 Å². The fourth-order valence-electron chi connectivity index (χ4n) is 3.70. The van der Waals surface area contributed by atoms with Crippen LogP contribution in [0.2, 0.25) is 0 Å². The fraction of sp³-hybridized carbons (Fsp3) is 0.938. The summed E-state index contributed by atoms with van der Waals surface area (Å²) in [4.78, 5) is 17.1. The minimum atomic E-state index is 0.0531. The number of rotatable bonds is 7. The van der Waals surface area contributed by atoms with Gasteiger partial charge in [0.05, 0.1) is 12.2 Å². The highest BCUT2D eigenvalue weighted by Crippen LogP contribution is 2.32. The van der Waals surface area contributed by atoms with Crippen molar-refractivity contribution in [3.05, 3.63) is 0 Å². The molecule has 1 aliphatic carbocycles. The average Bonchev–Trinajstić information content (AvgIpc) is 3.08. The van der Waals surface area contributed by atoms with E-state index in [1.54, 1.807) is 0 Å². The third-order valence-electron chi connectivity index (χ3n) is 5.10. The van der Waals surface area contributed by atoms with Crippen LogP contribution in [0.3, 0.4) is 0 Å². The predicted molar refractivity (Wildman–Crippen MR) is 82.5 cm³/mol. The van der Waals surface area contributed by atoms with Crippen molar-refractivity contribution in [1.82, 2.24) is 15.1 Å². The van der Waals surface area contributed by atoms with Gasteiger partial charge in [-0.2, -0.15) is 0 Å². The second-order valence-corrected chi connectivity index (χ2v) is 6.18. The molecule has 0 bridgehead atoms. The monoisotopic (exact) mass is 281 g/mol. The van der Waals surface area contributed by atoms with E-state index >= 15 is 0 Å². The summed E-state index contributed by atoms with van der Waals surface area (Å²) in [5.41, 5.74) is 0. The Morgan fingerprint density at radius 2 is 1.85 bits per heavy atom. The van der Waals surface area contributed by atoms with Gasteiger partial charge in [0.2, 0.25) is 5.91 Å². The zero-order chi connectivity index (χ0) is 14.5. The molecule has 0 spiro atoms. The van der Waals surface area contributed by atoms with E-state index in [1.807, 2.05) is 0 Å². The first-order valence-electron chi connectivity index (χ1n) is 8.50. The van der Waals surface area contributed by atoms with E-state index in [1.165, 1.54) is 25.7 Å². The molecule has 2 rings (SSSR count). The van der Waals surface area contributed by atoms with Gasteiger partial charge in [-0.1, -0.05) is 33.6 Å². The Kier molecular flexibility index (Phi) is 5.85. The largest absolute Gasteiger partial charge is 0.324 e. The second-order valence-electron chi connectivity index (χ2n) is 6.18. The topological polar surface area (TPSA) is 35.6 Å². The van der Waals surface area contributed by atoms with E-state index in [0.29, 0.717) is 18.0 Å². The first-order valence-corrected chi connectivity index (χ1v) is 8.50. The van der Waals surface area contributed by atoms with Crippen LogP contribution in [-0.4, -0.2) is 54.1 Å². The van der Waals surface area contributed by atoms with Crippen LogP contribution < -0.4 is 5.32 Å². The van der Waals surface area contributed by atoms with Gasteiger partial charge in [0.15, 0.2) is 0 Å². The van der Waals surface area contributed by atoms with Gasteiger partial charge in [-0.05, 0) is 38.3 Å². The van der Waals surface area contributed by atoms with Gasteiger partial charge >= 0.3 is 0 Å². The van der Waals surface area contributed by atoms with Crippen molar-refractivity contribution in [1.29, 1.82) is 0 Å². The molecule has 1 aliphatic heterocycles. The molecule has 2 unspecified atom stereocenters. The summed E-state index contributed by atoms with van der Waals surface area (Å²) in [6, 6.07) is 0.0531. The predicted octanol–water partition coefficient (Wildman–Crippen LogP) is 2.05. The molecule has 1 amide bonds. The molecule has 116 valence electrons. The third kappa shape index (κ3) is 3.34. The summed E-state index contributed by atoms with van der Waals surface area (Å²) in [6.45, 7) is 10.5. The van der Waals surface area contributed by atoms with E-state index in [0.717, 1.165) is 32.6 Å². The van der Waals surface area contributed by atoms with Crippen molar-refractivity contribution in [2.24, 2.45) is 5.92 Å². The maximum Gasteiger partial charge on any atom is 0.241 e. The highest BCUT2D eigenvalue weighted by molar-refractivity contribution is 5.84. The number of carbonyl (C=O) groups excluding carboxylic acids is 1. The first kappa shape index (κ1) is 15.8. The molecule has 0 aromatic rings. The number of nitrogens with one attached hydrogen (secondary N) is 1. The second kappa shape index (κ2) is 7.41. The summed E-state index contributed by atoms with van der Waals surface area (Å²) in [6.07, 6.45) is 6.43. The lowest BCUT2D eigenvalue weighted by molar-refractivity contribution is -0.130. The fourth-order valence-corrected chi connectivity index (χ4v) is 3.70. The number of amides is 1. The van der Waals surface area contributed by atoms with Crippen LogP contribution in [0.5, 0.6) is 0 Å². The smallest absolute Gasteiger partial charge is 0.241 e. The lowest BCUT2D eigenvalue weighted by Crippen LogP contribution is -2.45. The van der Waals surface area contributed by atoms with Crippen LogP contribution >= 0.6 is 0 Å². The number of carbonyl (C=O) groups is 1. The maximum absolute atomic E-state index is 12.5. The Morgan fingerprint density at radius 1 is 1.20 bits per heavy atom. The Bertz CT molecular complexity index is 311. The first-order chi connectivity index (χ1) is 9.71. The molecule has 1 saturated heterocycles. The molecule has 4 nitrogen and oxygen atoms in total. The van der Waals surface area contributed by atoms with E-state index in [2.05, 4.69) is 35.9 Å². The molecular formula is C16H31N3O. The molecule has 0 aromatic heterocycles. The number of nitrogens with zero attached hydrogens (tertiary/aromatic N) is 2. The Morgan fingerprint density at radius 3 is 2.40 bits per heavy atom. The van der Waals surface area contributed by atoms with Crippen molar-refractivity contribution >= 4 is 5.91 Å². The van der Waals surface area contributed by atoms with Gasteiger partial charge in [0, 0.05) is 13.1 Å². The maximum atomic E-state index is 12.5. The number of hydrogen-bond acceptors (Lipinski definition) is 3. The Hall–Kier alpha value is -0.610. The standard InChI is InChI=1S/C16H31N3O/c1-4-14-16(20)19(12-11-18(5-2)6-3)15(17-14)13-9-7-8-10-13/h13-15,17H,4-12H2,1-3H3. The van der Waals surface area contributed by atoms with E-state index < -0.39 is 0 Å². The van der Waals surface area contributed by atoms with Crippen LogP contribution in [0.15, 0.2) is 0 Å². The van der Waals surface area contributed by atoms with Gasteiger partial charge in [0.1, 0.15) is 0 Å². The van der Waals surface area contributed by atoms with Crippen molar-refractivity contribution in [3.8, 4) is 0 Å². The molecule has 1 saturated carbocycles. The molecule has 1 heterocycles. The molecule has 1 N–H and O–H groups in total. The summed E-state index contributed by atoms with van der Waals surface area (Å²) < 4.78 is 0. The number of likely N-dealkylation sites (N-methyl/N-ethyl adjacent to an activating group) is 1. The van der Waals surface area contributed by atoms with E-state index in [-0.39, 0.29) is 6.04 Å². The van der Waals surface area contributed by atoms with Gasteiger partial charge in [-0.15, -0.1) is 0 Å². The molecule has 0 aromatic carbocycles. The highest BCUT2D eigenvalue weighted by Gasteiger charge is 2.42. The normalized spacial score (nSPS) is 28.0. The van der Waals surface area contributed by atoms with E-state index in [4.69, 9.17) is 0 Å². The molecule has 2 atom stereocenters. The average molecular weight is 281 g/mol. The van der Waals surface area contributed by atoms with Gasteiger partial charge < -0.3 is 9.80 Å².